The van der Waals surface area contributed by atoms with Gasteiger partial charge in [-0.15, -0.1) is 0 Å². The minimum Gasteiger partial charge on any atom is -0.497 e. The number of carbonyl (C=O) groups is 1. The van der Waals surface area contributed by atoms with E-state index in [1.807, 2.05) is 0 Å². The summed E-state index contributed by atoms with van der Waals surface area (Å²) in [6.07, 6.45) is 1.29. The van der Waals surface area contributed by atoms with Crippen molar-refractivity contribution in [2.24, 2.45) is 0 Å². The maximum atomic E-state index is 12.6. The van der Waals surface area contributed by atoms with Gasteiger partial charge in [0.2, 0.25) is 0 Å². The first-order valence-corrected chi connectivity index (χ1v) is 8.73. The molecular weight excluding hydrogens is 360 g/mol. The number of aromatic nitrogens is 1. The number of aromatic carboxylic acids is 1. The van der Waals surface area contributed by atoms with Crippen LogP contribution in [0.4, 0.5) is 5.69 Å². The summed E-state index contributed by atoms with van der Waals surface area (Å²) in [5.74, 6) is -1.31. The maximum absolute atomic E-state index is 12.6. The number of nitrogen functional groups attached to an aromatic ring is 1. The first-order valence-electron chi connectivity index (χ1n) is 7.32. The molecule has 26 heavy (non-hydrogen) atoms. The van der Waals surface area contributed by atoms with Crippen LogP contribution in [0.3, 0.4) is 0 Å². The van der Waals surface area contributed by atoms with Crippen molar-refractivity contribution in [1.29, 1.82) is 0 Å². The highest BCUT2D eigenvalue weighted by Gasteiger charge is 2.24. The van der Waals surface area contributed by atoms with Crippen molar-refractivity contribution in [2.75, 3.05) is 12.8 Å². The Labute approximate surface area is 148 Å². The Morgan fingerprint density at radius 1 is 1.15 bits per heavy atom. The van der Waals surface area contributed by atoms with Crippen molar-refractivity contribution in [2.45, 2.75) is 4.90 Å². The summed E-state index contributed by atoms with van der Waals surface area (Å²) in [5, 5.41) is 10.1. The summed E-state index contributed by atoms with van der Waals surface area (Å²) in [5.41, 5.74) is 5.61. The predicted octanol–water partition coefficient (Wildman–Crippen LogP) is 2.29. The molecule has 0 aliphatic heterocycles. The van der Waals surface area contributed by atoms with Gasteiger partial charge in [0.1, 0.15) is 10.6 Å². The largest absolute Gasteiger partial charge is 0.497 e. The van der Waals surface area contributed by atoms with Gasteiger partial charge in [-0.25, -0.2) is 9.78 Å². The maximum Gasteiger partial charge on any atom is 0.358 e. The second kappa shape index (κ2) is 6.52. The normalized spacial score (nSPS) is 11.3. The lowest BCUT2D eigenvalue weighted by molar-refractivity contribution is 0.0689. The highest BCUT2D eigenvalue weighted by Crippen LogP contribution is 2.32. The zero-order valence-electron chi connectivity index (χ0n) is 13.5. The molecule has 0 aliphatic rings. The Morgan fingerprint density at radius 2 is 1.85 bits per heavy atom. The molecule has 0 bridgehead atoms. The molecule has 1 aromatic heterocycles. The van der Waals surface area contributed by atoms with E-state index in [-0.39, 0.29) is 16.0 Å². The van der Waals surface area contributed by atoms with Gasteiger partial charge in [-0.3, -0.25) is 0 Å². The Bertz CT molecular complexity index is 1090. The Kier molecular flexibility index (Phi) is 4.39. The highest BCUT2D eigenvalue weighted by molar-refractivity contribution is 7.87. The number of nitrogens with zero attached hydrogens (tertiary/aromatic N) is 1. The van der Waals surface area contributed by atoms with Gasteiger partial charge in [-0.2, -0.15) is 8.42 Å². The SMILES string of the molecule is COc1ccc(S(=O)(=O)Oc2c(C(=O)O)ncc3cc(N)ccc23)cc1. The number of rotatable bonds is 5. The Morgan fingerprint density at radius 3 is 2.46 bits per heavy atom. The third-order valence-corrected chi connectivity index (χ3v) is 4.85. The number of hydrogen-bond donors (Lipinski definition) is 2. The number of methoxy groups -OCH3 is 1. The van der Waals surface area contributed by atoms with Crippen molar-refractivity contribution in [3.8, 4) is 11.5 Å². The number of anilines is 1. The van der Waals surface area contributed by atoms with Crippen LogP contribution in [-0.4, -0.2) is 31.6 Å². The minimum atomic E-state index is -4.29. The summed E-state index contributed by atoms with van der Waals surface area (Å²) in [6.45, 7) is 0. The van der Waals surface area contributed by atoms with Crippen LogP contribution in [0.15, 0.2) is 53.6 Å². The average Bonchev–Trinajstić information content (AvgIpc) is 2.61. The van der Waals surface area contributed by atoms with Gasteiger partial charge in [-0.1, -0.05) is 0 Å². The van der Waals surface area contributed by atoms with Crippen molar-refractivity contribution in [3.63, 3.8) is 0 Å². The fourth-order valence-corrected chi connectivity index (χ4v) is 3.31. The topological polar surface area (TPSA) is 129 Å². The molecule has 0 spiro atoms. The van der Waals surface area contributed by atoms with E-state index in [2.05, 4.69) is 4.98 Å². The summed E-state index contributed by atoms with van der Waals surface area (Å²) < 4.78 is 35.3. The molecule has 3 N–H and O–H groups in total. The third-order valence-electron chi connectivity index (χ3n) is 3.61. The fraction of sp³-hybridized carbons (Fsp3) is 0.0588. The van der Waals surface area contributed by atoms with E-state index in [1.165, 1.54) is 49.7 Å². The van der Waals surface area contributed by atoms with Crippen LogP contribution in [0.1, 0.15) is 10.5 Å². The van der Waals surface area contributed by atoms with Gasteiger partial charge >= 0.3 is 16.1 Å². The second-order valence-corrected chi connectivity index (χ2v) is 6.85. The van der Waals surface area contributed by atoms with Crippen LogP contribution < -0.4 is 14.7 Å². The zero-order chi connectivity index (χ0) is 18.9. The molecular formula is C17H14N2O6S. The van der Waals surface area contributed by atoms with E-state index in [1.54, 1.807) is 6.07 Å². The Balaban J connectivity index is 2.13. The molecule has 0 amide bonds. The number of benzene rings is 2. The number of fused-ring (bicyclic) bond motifs is 1. The summed E-state index contributed by atoms with van der Waals surface area (Å²) in [4.78, 5) is 15.1. The molecule has 0 fully saturated rings. The lowest BCUT2D eigenvalue weighted by atomic mass is 10.1. The van der Waals surface area contributed by atoms with Crippen molar-refractivity contribution >= 4 is 32.5 Å². The molecule has 0 unspecified atom stereocenters. The third kappa shape index (κ3) is 3.24. The first-order chi connectivity index (χ1) is 12.3. The molecule has 9 heteroatoms. The molecule has 8 nitrogen and oxygen atoms in total. The van der Waals surface area contributed by atoms with Crippen molar-refractivity contribution in [1.82, 2.24) is 4.98 Å². The van der Waals surface area contributed by atoms with Gasteiger partial charge in [0, 0.05) is 22.7 Å². The van der Waals surface area contributed by atoms with Crippen LogP contribution in [-0.2, 0) is 10.1 Å². The number of carboxylic acid groups (broad SMARTS) is 1. The zero-order valence-corrected chi connectivity index (χ0v) is 14.4. The summed E-state index contributed by atoms with van der Waals surface area (Å²) >= 11 is 0. The van der Waals surface area contributed by atoms with Gasteiger partial charge < -0.3 is 19.8 Å². The summed E-state index contributed by atoms with van der Waals surface area (Å²) in [6, 6.07) is 10.0. The van der Waals surface area contributed by atoms with E-state index in [4.69, 9.17) is 14.7 Å². The standard InChI is InChI=1S/C17H14N2O6S/c1-24-12-3-5-13(6-4-12)26(22,23)25-16-14-7-2-11(18)8-10(14)9-19-15(16)17(20)21/h2-9H,18H2,1H3,(H,20,21). The van der Waals surface area contributed by atoms with Crippen LogP contribution >= 0.6 is 0 Å². The molecule has 0 saturated carbocycles. The Hall–Kier alpha value is -3.33. The van der Waals surface area contributed by atoms with Crippen LogP contribution in [0.5, 0.6) is 11.5 Å². The molecule has 3 aromatic rings. The van der Waals surface area contributed by atoms with Gasteiger partial charge in [-0.05, 0) is 42.5 Å². The van der Waals surface area contributed by atoms with Crippen molar-refractivity contribution in [3.05, 3.63) is 54.4 Å². The lowest BCUT2D eigenvalue weighted by Crippen LogP contribution is -2.14. The van der Waals surface area contributed by atoms with Crippen LogP contribution in [0, 0.1) is 0 Å². The van der Waals surface area contributed by atoms with Crippen molar-refractivity contribution < 1.29 is 27.2 Å². The van der Waals surface area contributed by atoms with Crippen LogP contribution in [0.25, 0.3) is 10.8 Å². The number of ether oxygens (including phenoxy) is 1. The molecule has 2 aromatic carbocycles. The monoisotopic (exact) mass is 374 g/mol. The molecule has 1 heterocycles. The van der Waals surface area contributed by atoms with Crippen LogP contribution in [0.2, 0.25) is 0 Å². The smallest absolute Gasteiger partial charge is 0.358 e. The van der Waals surface area contributed by atoms with E-state index in [0.29, 0.717) is 16.8 Å². The quantitative estimate of drug-likeness (QED) is 0.514. The number of nitrogens with two attached hydrogens (primary N) is 1. The molecule has 0 aliphatic carbocycles. The number of pyridine rings is 1. The fourth-order valence-electron chi connectivity index (χ4n) is 2.35. The van der Waals surface area contributed by atoms with E-state index < -0.39 is 21.8 Å². The van der Waals surface area contributed by atoms with E-state index >= 15 is 0 Å². The summed E-state index contributed by atoms with van der Waals surface area (Å²) in [7, 11) is -2.84. The van der Waals surface area contributed by atoms with Gasteiger partial charge in [0.15, 0.2) is 11.4 Å². The van der Waals surface area contributed by atoms with Gasteiger partial charge in [0.05, 0.1) is 7.11 Å². The lowest BCUT2D eigenvalue weighted by Gasteiger charge is -2.12. The average molecular weight is 374 g/mol. The van der Waals surface area contributed by atoms with E-state index in [0.717, 1.165) is 0 Å². The highest BCUT2D eigenvalue weighted by atomic mass is 32.2. The van der Waals surface area contributed by atoms with E-state index in [9.17, 15) is 18.3 Å². The predicted molar refractivity (Wildman–Crippen MR) is 93.9 cm³/mol. The molecule has 134 valence electrons. The second-order valence-electron chi connectivity index (χ2n) is 5.30. The molecule has 0 radical (unpaired) electrons. The minimum absolute atomic E-state index is 0.151. The number of carboxylic acids is 1. The molecule has 0 atom stereocenters. The van der Waals surface area contributed by atoms with Gasteiger partial charge in [0.25, 0.3) is 0 Å². The molecule has 3 rings (SSSR count). The first kappa shape index (κ1) is 17.5. The number of hydrogen-bond acceptors (Lipinski definition) is 7. The molecule has 0 saturated heterocycles.